The first-order valence-electron chi connectivity index (χ1n) is 3.86. The van der Waals surface area contributed by atoms with Crippen LogP contribution >= 0.6 is 0 Å². The molecule has 2 aromatic carbocycles. The number of hydrogen-bond donors (Lipinski definition) is 0. The fraction of sp³-hybridized carbons (Fsp3) is 0. The molecule has 0 bridgehead atoms. The van der Waals surface area contributed by atoms with E-state index in [1.807, 2.05) is 0 Å². The second-order valence-corrected chi connectivity index (χ2v) is 5.02. The third-order valence-corrected chi connectivity index (χ3v) is 1.66. The van der Waals surface area contributed by atoms with E-state index in [1.54, 1.807) is 0 Å². The minimum Gasteiger partial charge on any atom is -0.0616 e. The van der Waals surface area contributed by atoms with E-state index in [0.717, 1.165) is 0 Å². The first-order valence-corrected chi connectivity index (χ1v) is 7.43. The second-order valence-electron chi connectivity index (χ2n) is 2.52. The summed E-state index contributed by atoms with van der Waals surface area (Å²) in [6, 6.07) is 16.7. The molecule has 0 amide bonds. The molecule has 0 spiro atoms. The van der Waals surface area contributed by atoms with Crippen molar-refractivity contribution in [2.24, 2.45) is 0 Å². The molecule has 0 N–H and O–H groups in total. The molecular formula is C10H8AuO2S. The SMILES string of the molecule is O=[S](=O)=[Au].c1ccc2ccccc2c1. The predicted octanol–water partition coefficient (Wildman–Crippen LogP) is 2.17. The van der Waals surface area contributed by atoms with Crippen LogP contribution in [0.5, 0.6) is 0 Å². The predicted molar refractivity (Wildman–Crippen MR) is 52.9 cm³/mol. The van der Waals surface area contributed by atoms with Gasteiger partial charge in [-0.3, -0.25) is 0 Å². The zero-order valence-electron chi connectivity index (χ0n) is 7.15. The topological polar surface area (TPSA) is 34.1 Å². The average Bonchev–Trinajstić information content (AvgIpc) is 2.17. The van der Waals surface area contributed by atoms with Crippen molar-refractivity contribution in [3.8, 4) is 0 Å². The molecule has 0 aromatic heterocycles. The summed E-state index contributed by atoms with van der Waals surface area (Å²) in [6.45, 7) is 0. The third-order valence-electron chi connectivity index (χ3n) is 1.66. The summed E-state index contributed by atoms with van der Waals surface area (Å²) in [5.74, 6) is 0. The van der Waals surface area contributed by atoms with Crippen LogP contribution in [0.3, 0.4) is 0 Å². The number of rotatable bonds is 0. The Balaban J connectivity index is 0.000000213. The average molecular weight is 389 g/mol. The number of hydrogen-bond acceptors (Lipinski definition) is 2. The smallest absolute Gasteiger partial charge is 0.0184 e. The fourth-order valence-electron chi connectivity index (χ4n) is 1.13. The second kappa shape index (κ2) is 5.88. The van der Waals surface area contributed by atoms with Crippen LogP contribution in [0.25, 0.3) is 10.8 Å². The maximum Gasteiger partial charge on any atom is -0.0184 e. The molecule has 2 aromatic rings. The Bertz CT molecular complexity index is 447. The molecule has 14 heavy (non-hydrogen) atoms. The molecule has 0 unspecified atom stereocenters. The Kier molecular flexibility index (Phi) is 4.76. The molecule has 0 fully saturated rings. The molecule has 2 nitrogen and oxygen atoms in total. The van der Waals surface area contributed by atoms with Gasteiger partial charge in [-0.25, -0.2) is 0 Å². The van der Waals surface area contributed by atoms with E-state index in [1.165, 1.54) is 30.0 Å². The van der Waals surface area contributed by atoms with E-state index >= 15 is 0 Å². The third kappa shape index (κ3) is 3.98. The van der Waals surface area contributed by atoms with E-state index in [-0.39, 0.29) is 0 Å². The Hall–Kier alpha value is -0.740. The summed E-state index contributed by atoms with van der Waals surface area (Å²) in [7, 11) is -1.92. The van der Waals surface area contributed by atoms with Gasteiger partial charge in [0.15, 0.2) is 0 Å². The van der Waals surface area contributed by atoms with E-state index in [2.05, 4.69) is 48.5 Å². The van der Waals surface area contributed by atoms with Crippen LogP contribution in [0.1, 0.15) is 0 Å². The van der Waals surface area contributed by atoms with Gasteiger partial charge >= 0.3 is 35.3 Å². The normalized spacial score (nSPS) is 9.00. The Morgan fingerprint density at radius 3 is 1.21 bits per heavy atom. The van der Waals surface area contributed by atoms with Gasteiger partial charge in [0.05, 0.1) is 0 Å². The van der Waals surface area contributed by atoms with Crippen molar-refractivity contribution in [2.75, 3.05) is 0 Å². The van der Waals surface area contributed by atoms with Crippen molar-refractivity contribution in [3.05, 3.63) is 48.5 Å². The molecule has 0 aliphatic carbocycles. The molecule has 0 aliphatic heterocycles. The summed E-state index contributed by atoms with van der Waals surface area (Å²) in [6.07, 6.45) is 0. The van der Waals surface area contributed by atoms with Crippen LogP contribution in [0, 0.1) is 0 Å². The van der Waals surface area contributed by atoms with Gasteiger partial charge in [0.2, 0.25) is 0 Å². The van der Waals surface area contributed by atoms with Gasteiger partial charge in [0, 0.05) is 0 Å². The Morgan fingerprint density at radius 1 is 0.786 bits per heavy atom. The van der Waals surface area contributed by atoms with Gasteiger partial charge in [0.25, 0.3) is 0 Å². The first-order chi connectivity index (χ1) is 6.70. The molecule has 0 saturated carbocycles. The van der Waals surface area contributed by atoms with Crippen molar-refractivity contribution in [1.82, 2.24) is 0 Å². The van der Waals surface area contributed by atoms with Crippen molar-refractivity contribution in [3.63, 3.8) is 0 Å². The molecule has 0 atom stereocenters. The number of fused-ring (bicyclic) bond motifs is 1. The molecule has 77 valence electrons. The van der Waals surface area contributed by atoms with Crippen molar-refractivity contribution < 1.29 is 27.6 Å². The van der Waals surface area contributed by atoms with Crippen LogP contribution in [0.15, 0.2) is 48.5 Å². The Labute approximate surface area is 94.3 Å². The first kappa shape index (κ1) is 11.3. The summed E-state index contributed by atoms with van der Waals surface area (Å²) in [4.78, 5) is 0. The van der Waals surface area contributed by atoms with Crippen LogP contribution in [0.2, 0.25) is 0 Å². The van der Waals surface area contributed by atoms with Gasteiger partial charge in [-0.05, 0) is 10.8 Å². The molecule has 0 saturated heterocycles. The van der Waals surface area contributed by atoms with Crippen LogP contribution in [0.4, 0.5) is 0 Å². The summed E-state index contributed by atoms with van der Waals surface area (Å²) < 4.78 is 18.0. The molecule has 0 heterocycles. The van der Waals surface area contributed by atoms with Crippen molar-refractivity contribution in [1.29, 1.82) is 0 Å². The van der Waals surface area contributed by atoms with Gasteiger partial charge in [-0.1, -0.05) is 48.5 Å². The Morgan fingerprint density at radius 2 is 1.00 bits per heavy atom. The van der Waals surface area contributed by atoms with Crippen molar-refractivity contribution >= 4 is 18.4 Å². The molecule has 0 aliphatic rings. The quantitative estimate of drug-likeness (QED) is 0.648. The van der Waals surface area contributed by atoms with E-state index < -0.39 is 7.65 Å². The van der Waals surface area contributed by atoms with Crippen molar-refractivity contribution in [2.45, 2.75) is 0 Å². The van der Waals surface area contributed by atoms with Gasteiger partial charge in [-0.15, -0.1) is 0 Å². The van der Waals surface area contributed by atoms with Gasteiger partial charge in [0.1, 0.15) is 0 Å². The van der Waals surface area contributed by atoms with E-state index in [4.69, 9.17) is 8.42 Å². The van der Waals surface area contributed by atoms with Crippen LogP contribution in [-0.2, 0) is 26.8 Å². The zero-order valence-corrected chi connectivity index (χ0v) is 10.1. The maximum atomic E-state index is 8.98. The standard InChI is InChI=1S/C10H8.Au.O2S/c1-2-6-10-8-4-3-7-9(10)5-1;;1-3-2/h1-8H;;. The van der Waals surface area contributed by atoms with Gasteiger partial charge < -0.3 is 0 Å². The molecule has 2 rings (SSSR count). The summed E-state index contributed by atoms with van der Waals surface area (Å²) in [5, 5.41) is 2.62. The minimum absolute atomic E-state index is 1.31. The minimum atomic E-state index is -1.92. The largest absolute Gasteiger partial charge is 0.0616 e. The van der Waals surface area contributed by atoms with Crippen LogP contribution in [-0.4, -0.2) is 8.42 Å². The summed E-state index contributed by atoms with van der Waals surface area (Å²) >= 11 is 1.41. The zero-order chi connectivity index (χ0) is 10.4. The van der Waals surface area contributed by atoms with Crippen LogP contribution < -0.4 is 0 Å². The fourth-order valence-corrected chi connectivity index (χ4v) is 1.13. The molecule has 4 heteroatoms. The number of benzene rings is 2. The van der Waals surface area contributed by atoms with Gasteiger partial charge in [-0.2, -0.15) is 0 Å². The molecule has 0 radical (unpaired) electrons. The van der Waals surface area contributed by atoms with E-state index in [0.29, 0.717) is 0 Å². The molecular weight excluding hydrogens is 381 g/mol. The monoisotopic (exact) mass is 389 g/mol. The van der Waals surface area contributed by atoms with E-state index in [9.17, 15) is 0 Å². The maximum absolute atomic E-state index is 8.98. The summed E-state index contributed by atoms with van der Waals surface area (Å²) in [5.41, 5.74) is 0.